The zero-order chi connectivity index (χ0) is 89.7. The van der Waals surface area contributed by atoms with Gasteiger partial charge in [-0.1, -0.05) is 152 Å². The van der Waals surface area contributed by atoms with Gasteiger partial charge in [0.25, 0.3) is 23.6 Å². The number of hydrogen-bond donors (Lipinski definition) is 2. The summed E-state index contributed by atoms with van der Waals surface area (Å²) in [5.41, 5.74) is 20.8. The quantitative estimate of drug-likeness (QED) is 0.0484. The fraction of sp³-hybridized carbons (Fsp3) is 0.349. The van der Waals surface area contributed by atoms with E-state index in [2.05, 4.69) is 110 Å². The number of carbonyl (C=O) groups is 6. The van der Waals surface area contributed by atoms with Crippen LogP contribution in [-0.4, -0.2) is 108 Å². The molecule has 673 valence electrons. The van der Waals surface area contributed by atoms with Crippen LogP contribution in [-0.2, 0) is 173 Å². The van der Waals surface area contributed by atoms with Gasteiger partial charge >= 0.3 is 0 Å². The second-order valence-electron chi connectivity index (χ2n) is 36.7. The molecule has 10 aromatic carbocycles. The number of ether oxygens (including phenoxy) is 6. The van der Waals surface area contributed by atoms with Gasteiger partial charge < -0.3 is 74.9 Å². The summed E-state index contributed by atoms with van der Waals surface area (Å²) in [7, 11) is 7.11. The number of anilines is 8. The third-order valence-electron chi connectivity index (χ3n) is 25.4. The number of benzene rings is 10. The minimum absolute atomic E-state index is 0. The van der Waals surface area contributed by atoms with Gasteiger partial charge in [0.1, 0.15) is 37.9 Å². The zero-order valence-electron chi connectivity index (χ0n) is 77.3. The fourth-order valence-electron chi connectivity index (χ4n) is 19.6. The van der Waals surface area contributed by atoms with Crippen LogP contribution in [0, 0.1) is 33.4 Å². The van der Waals surface area contributed by atoms with Crippen LogP contribution in [0.5, 0.6) is 34.5 Å². The van der Waals surface area contributed by atoms with Crippen LogP contribution >= 0.6 is 23.5 Å². The van der Waals surface area contributed by atoms with Crippen LogP contribution < -0.4 is 68.5 Å². The van der Waals surface area contributed by atoms with Gasteiger partial charge in [0, 0.05) is 195 Å². The molecule has 8 aliphatic rings. The van der Waals surface area contributed by atoms with Crippen molar-refractivity contribution in [2.75, 3.05) is 68.3 Å². The topological polar surface area (TPSA) is 201 Å². The maximum atomic E-state index is 14.2. The van der Waals surface area contributed by atoms with Crippen molar-refractivity contribution in [2.45, 2.75) is 210 Å². The van der Waals surface area contributed by atoms with Gasteiger partial charge in [-0.25, -0.2) is 13.1 Å². The van der Waals surface area contributed by atoms with E-state index in [4.69, 9.17) is 28.4 Å². The second kappa shape index (κ2) is 41.7. The molecule has 0 aliphatic carbocycles. The maximum absolute atomic E-state index is 14.2. The third kappa shape index (κ3) is 21.6. The van der Waals surface area contributed by atoms with Gasteiger partial charge in [-0.3, -0.25) is 28.8 Å². The predicted molar refractivity (Wildman–Crippen MR) is 513 cm³/mol. The molecule has 0 unspecified atom stereocenters. The van der Waals surface area contributed by atoms with Crippen molar-refractivity contribution in [2.24, 2.45) is 0 Å². The number of aryl methyl sites for hydroxylation is 3. The van der Waals surface area contributed by atoms with Gasteiger partial charge in [-0.05, 0) is 248 Å². The SMILES string of the molecule is COc1cc2c(cc1OCc1cc(COc3cc4c(cc3C)C(=O)N3c5ccccc5C[C@H]3[CH-]C4)cc(NC(=O)CCC(C)(C)SC(C)C)c1)CC[C@@H]1Cc3ccccc3N1C2=O.COc1cc2c(cc1OCc1cc(COc3cc4c(cc3C)C(=O)N3c5ccccc5C[C@H]3[CH-]N4C)cc(NC(=O)CCC(C)(C)SC(C)C)c1)N(C)[CH-][C@@H]1Cc3ccccc3N1C2=O.[Y].[Y].[Y]. The average Bonchev–Trinajstić information content (AvgIpc) is 1.64. The van der Waals surface area contributed by atoms with Crippen molar-refractivity contribution in [1.29, 1.82) is 0 Å². The Morgan fingerprint density at radius 2 is 0.763 bits per heavy atom. The first kappa shape index (κ1) is 98.4. The van der Waals surface area contributed by atoms with Gasteiger partial charge in [0.15, 0.2) is 23.0 Å². The van der Waals surface area contributed by atoms with Crippen LogP contribution in [0.1, 0.15) is 196 Å². The summed E-state index contributed by atoms with van der Waals surface area (Å²) in [6.45, 7) is 26.4. The van der Waals surface area contributed by atoms with E-state index in [1.54, 1.807) is 20.3 Å². The predicted octanol–water partition coefficient (Wildman–Crippen LogP) is 20.8. The minimum atomic E-state index is -0.113. The number of nitrogens with zero attached hydrogens (tertiary/aromatic N) is 6. The van der Waals surface area contributed by atoms with Crippen LogP contribution in [0.3, 0.4) is 0 Å². The molecule has 8 aliphatic heterocycles. The molecule has 6 amide bonds. The average molecular weight is 2020 g/mol. The zero-order valence-corrected chi connectivity index (χ0v) is 87.4. The molecule has 0 bridgehead atoms. The number of hydrogen-bond acceptors (Lipinski definition) is 16. The first-order valence-corrected chi connectivity index (χ1v) is 46.3. The van der Waals surface area contributed by atoms with Crippen LogP contribution in [0.25, 0.3) is 0 Å². The van der Waals surface area contributed by atoms with Crippen molar-refractivity contribution in [3.05, 3.63) is 291 Å². The van der Waals surface area contributed by atoms with E-state index in [9.17, 15) is 28.8 Å². The molecule has 8 heterocycles. The van der Waals surface area contributed by atoms with Crippen LogP contribution in [0.4, 0.5) is 45.5 Å². The van der Waals surface area contributed by atoms with Crippen molar-refractivity contribution < 1.29 is 155 Å². The molecular formula is C106H113N8O12S2Y3-3. The summed E-state index contributed by atoms with van der Waals surface area (Å²) in [6, 6.07) is 59.5. The number of methoxy groups -OCH3 is 2. The van der Waals surface area contributed by atoms with E-state index in [0.717, 1.165) is 136 Å². The van der Waals surface area contributed by atoms with E-state index in [1.807, 2.05) is 233 Å². The molecule has 18 rings (SSSR count). The molecule has 0 aromatic heterocycles. The molecule has 0 saturated heterocycles. The Kier molecular flexibility index (Phi) is 31.4. The minimum Gasteiger partial charge on any atom is -0.522 e. The number of thioether (sulfide) groups is 2. The second-order valence-corrected chi connectivity index (χ2v) is 41.2. The standard InChI is InChI=1S/C53H57N5O6S.C53H56N3O6S.3Y/c1-32(2)65-53(4,5)18-17-50(59)54-38-21-34(30-63-47-26-45-41(19-33(47)3)51(60)57-39(28-55(45)6)23-36-13-9-11-15-43(36)57)20-35(22-38)31-64-49-27-46-42(25-48(49)62-8)52(61)58-40(29-56(46)7)24-37-14-10-12-16-44(37)58;1-32(2)63-53(4,5)20-19-50(57)54-40-23-34(30-61-47-27-36-15-17-41-25-38-11-7-9-13-45(38)55(41)51(58)43(36)21-33(47)3)22-35(24-40)31-62-49-28-37-16-18-42-26-39-12-8-10-14-46(39)56(42)52(59)44(37)29-48(49)60-6;;;/h9-16,19-22,25-29,32,39-40H,17-18,23-24,30-31H2,1-8H3,(H,54,59);7-14,17,21-24,27-29,32,41-42H,15-16,18-20,25-26,30-31H2,1-6H3,(H,54,57);;;/q-2;-1;;;/t39-,40-;41-,42-;;;/m01.../s1. The normalized spacial score (nSPS) is 17.1. The number of likely N-dealkylation sites (N-methyl/N-ethyl adjacent to an activating group) is 2. The summed E-state index contributed by atoms with van der Waals surface area (Å²) in [4.78, 5) is 95.1. The summed E-state index contributed by atoms with van der Waals surface area (Å²) in [5, 5.41) is 7.24. The summed E-state index contributed by atoms with van der Waals surface area (Å²) in [6.07, 6.45) is 9.91. The molecule has 20 nitrogen and oxygen atoms in total. The maximum Gasteiger partial charge on any atom is 0.258 e. The Morgan fingerprint density at radius 1 is 0.412 bits per heavy atom. The van der Waals surface area contributed by atoms with Gasteiger partial charge in [-0.15, -0.1) is 0 Å². The summed E-state index contributed by atoms with van der Waals surface area (Å²) in [5.74, 6) is 3.10. The number of carbonyl (C=O) groups excluding carboxylic acids is 6. The number of amides is 6. The first-order valence-electron chi connectivity index (χ1n) is 44.6. The fourth-order valence-corrected chi connectivity index (χ4v) is 22.6. The van der Waals surface area contributed by atoms with E-state index < -0.39 is 0 Å². The molecule has 0 spiro atoms. The van der Waals surface area contributed by atoms with Crippen molar-refractivity contribution in [3.63, 3.8) is 0 Å². The van der Waals surface area contributed by atoms with Crippen molar-refractivity contribution in [3.8, 4) is 34.5 Å². The number of fused-ring (bicyclic) bond motifs is 16. The largest absolute Gasteiger partial charge is 0.522 e. The first-order chi connectivity index (χ1) is 61.5. The number of rotatable bonds is 26. The van der Waals surface area contributed by atoms with E-state index in [-0.39, 0.29) is 194 Å². The Morgan fingerprint density at radius 3 is 1.22 bits per heavy atom. The molecule has 4 atom stereocenters. The molecule has 25 heteroatoms. The molecule has 0 fully saturated rings. The van der Waals surface area contributed by atoms with Crippen LogP contribution in [0.2, 0.25) is 0 Å². The summed E-state index contributed by atoms with van der Waals surface area (Å²) >= 11 is 3.75. The van der Waals surface area contributed by atoms with Crippen molar-refractivity contribution >= 4 is 104 Å². The van der Waals surface area contributed by atoms with Crippen molar-refractivity contribution in [1.82, 2.24) is 0 Å². The molecule has 0 saturated carbocycles. The number of nitrogens with one attached hydrogen (secondary N) is 2. The van der Waals surface area contributed by atoms with Gasteiger partial charge in [0.2, 0.25) is 11.8 Å². The van der Waals surface area contributed by atoms with E-state index in [1.165, 1.54) is 16.7 Å². The van der Waals surface area contributed by atoms with Gasteiger partial charge in [-0.2, -0.15) is 29.9 Å². The number of para-hydroxylation sites is 4. The van der Waals surface area contributed by atoms with Crippen LogP contribution in [0.15, 0.2) is 182 Å². The smallest absolute Gasteiger partial charge is 0.258 e. The molecule has 2 N–H and O–H groups in total. The third-order valence-corrected chi connectivity index (χ3v) is 28.1. The summed E-state index contributed by atoms with van der Waals surface area (Å²) < 4.78 is 37.8. The molecule has 3 radical (unpaired) electrons. The molecule has 10 aromatic rings. The Labute approximate surface area is 854 Å². The Hall–Kier alpha value is -8.57. The molecule has 131 heavy (non-hydrogen) atoms. The molecular weight excluding hydrogens is 1910 g/mol. The van der Waals surface area contributed by atoms with E-state index in [0.29, 0.717) is 97.9 Å². The Bertz CT molecular complexity index is 6020. The van der Waals surface area contributed by atoms with Gasteiger partial charge in [0.05, 0.1) is 25.3 Å². The Balaban J connectivity index is 0.000000206. The van der Waals surface area contributed by atoms with E-state index >= 15 is 0 Å². The monoisotopic (exact) mass is 2020 g/mol.